The first kappa shape index (κ1) is 23.3. The van der Waals surface area contributed by atoms with Crippen molar-refractivity contribution < 1.29 is 48.6 Å². The summed E-state index contributed by atoms with van der Waals surface area (Å²) in [7, 11) is 0. The molecule has 0 N–H and O–H groups in total. The van der Waals surface area contributed by atoms with Gasteiger partial charge >= 0.3 is 24.4 Å². The van der Waals surface area contributed by atoms with E-state index in [4.69, 9.17) is 0 Å². The number of aryl methyl sites for hydroxylation is 1. The van der Waals surface area contributed by atoms with Crippen LogP contribution in [0.4, 0.5) is 43.9 Å². The Hall–Kier alpha value is -1.98. The first-order valence-electron chi connectivity index (χ1n) is 7.39. The van der Waals surface area contributed by atoms with Crippen molar-refractivity contribution in [3.8, 4) is 16.9 Å². The molecule has 0 aliphatic rings. The fourth-order valence-corrected chi connectivity index (χ4v) is 3.28. The third kappa shape index (κ3) is 4.62. The maximum atomic E-state index is 14.7. The minimum atomic E-state index is -6.37. The molecule has 1 nitrogen and oxygen atoms in total. The molecule has 0 atom stereocenters. The molecule has 0 aromatic heterocycles. The van der Waals surface area contributed by atoms with E-state index in [1.165, 1.54) is 0 Å². The van der Waals surface area contributed by atoms with Crippen molar-refractivity contribution in [3.63, 3.8) is 0 Å². The summed E-state index contributed by atoms with van der Waals surface area (Å²) in [6.45, 7) is 1.10. The van der Waals surface area contributed by atoms with Crippen LogP contribution in [0.25, 0.3) is 11.1 Å². The molecule has 0 saturated carbocycles. The first-order valence-corrected chi connectivity index (χ1v) is 8.18. The molecule has 1 radical (unpaired) electrons. The van der Waals surface area contributed by atoms with Crippen LogP contribution in [0.15, 0.2) is 34.8 Å². The first-order chi connectivity index (χ1) is 13.0. The molecule has 0 bridgehead atoms. The van der Waals surface area contributed by atoms with Gasteiger partial charge in [-0.15, -0.1) is 13.2 Å². The van der Waals surface area contributed by atoms with Crippen LogP contribution in [0.1, 0.15) is 11.1 Å². The summed E-state index contributed by atoms with van der Waals surface area (Å²) in [4.78, 5) is 0. The summed E-state index contributed by atoms with van der Waals surface area (Å²) in [6, 6.07) is 5.61. The van der Waals surface area contributed by atoms with Crippen molar-refractivity contribution >= 4 is 15.9 Å². The second-order valence-corrected chi connectivity index (χ2v) is 6.57. The normalized spacial score (nSPS) is 13.5. The zero-order valence-electron chi connectivity index (χ0n) is 14.0. The van der Waals surface area contributed by atoms with Crippen LogP contribution in [0.5, 0.6) is 5.75 Å². The molecule has 0 aliphatic heterocycles. The Kier molecular flexibility index (Phi) is 5.92. The Bertz CT molecular complexity index is 867. The fraction of sp³-hybridized carbons (Fsp3) is 0.294. The van der Waals surface area contributed by atoms with Crippen LogP contribution in [0.2, 0.25) is 0 Å². The Morgan fingerprint density at radius 3 is 1.72 bits per heavy atom. The molecule has 2 rings (SSSR count). The van der Waals surface area contributed by atoms with Gasteiger partial charge in [-0.1, -0.05) is 18.2 Å². The molecule has 0 saturated heterocycles. The van der Waals surface area contributed by atoms with E-state index >= 15 is 0 Å². The van der Waals surface area contributed by atoms with E-state index in [2.05, 4.69) is 26.7 Å². The Morgan fingerprint density at radius 2 is 1.31 bits per heavy atom. The monoisotopic (exact) mass is 497 g/mol. The number of ether oxygens (including phenoxy) is 1. The van der Waals surface area contributed by atoms with Gasteiger partial charge in [-0.05, 0) is 46.1 Å². The van der Waals surface area contributed by atoms with Crippen molar-refractivity contribution in [1.29, 1.82) is 0 Å². The van der Waals surface area contributed by atoms with Gasteiger partial charge < -0.3 is 4.74 Å². The van der Waals surface area contributed by atoms with Gasteiger partial charge in [0.2, 0.25) is 0 Å². The molecule has 0 heterocycles. The van der Waals surface area contributed by atoms with E-state index in [9.17, 15) is 43.9 Å². The number of alkyl halides is 10. The van der Waals surface area contributed by atoms with Crippen molar-refractivity contribution in [2.45, 2.75) is 31.3 Å². The summed E-state index contributed by atoms with van der Waals surface area (Å²) in [5.41, 5.74) is -9.04. The summed E-state index contributed by atoms with van der Waals surface area (Å²) < 4.78 is 134. The highest BCUT2D eigenvalue weighted by Crippen LogP contribution is 2.56. The molecule has 2 aromatic carbocycles. The summed E-state index contributed by atoms with van der Waals surface area (Å²) in [6.07, 6.45) is -17.8. The average molecular weight is 498 g/mol. The molecule has 29 heavy (non-hydrogen) atoms. The predicted molar refractivity (Wildman–Crippen MR) is 84.7 cm³/mol. The molecule has 0 fully saturated rings. The van der Waals surface area contributed by atoms with Crippen LogP contribution >= 0.6 is 15.9 Å². The van der Waals surface area contributed by atoms with Crippen molar-refractivity contribution in [2.24, 2.45) is 0 Å². The highest BCUT2D eigenvalue weighted by molar-refractivity contribution is 9.10. The van der Waals surface area contributed by atoms with Crippen LogP contribution in [0, 0.1) is 13.0 Å². The molecule has 159 valence electrons. The lowest BCUT2D eigenvalue weighted by Gasteiger charge is -2.32. The zero-order valence-corrected chi connectivity index (χ0v) is 15.5. The molecular weight excluding hydrogens is 490 g/mol. The second-order valence-electron chi connectivity index (χ2n) is 5.78. The minimum Gasteiger partial charge on any atom is -0.406 e. The second kappa shape index (κ2) is 7.37. The number of benzene rings is 2. The van der Waals surface area contributed by atoms with Gasteiger partial charge in [0.05, 0.1) is 0 Å². The van der Waals surface area contributed by atoms with Gasteiger partial charge in [-0.2, -0.15) is 26.3 Å². The van der Waals surface area contributed by atoms with Gasteiger partial charge in [0.25, 0.3) is 0 Å². The molecule has 12 heteroatoms. The zero-order chi connectivity index (χ0) is 22.4. The molecule has 0 spiro atoms. The Labute approximate surface area is 165 Å². The fourth-order valence-electron chi connectivity index (χ4n) is 2.52. The van der Waals surface area contributed by atoms with Crippen molar-refractivity contribution in [1.82, 2.24) is 0 Å². The van der Waals surface area contributed by atoms with Crippen LogP contribution in [-0.4, -0.2) is 18.7 Å². The summed E-state index contributed by atoms with van der Waals surface area (Å²) in [5.74, 6) is -0.770. The SMILES string of the molecule is Cc1[c]c(Br)c(-c2ccc(OC(F)(F)F)cc2)c(C(F)(C(F)(F)F)C(F)(F)F)c1. The quantitative estimate of drug-likeness (QED) is 0.401. The maximum absolute atomic E-state index is 14.7. The molecule has 2 aromatic rings. The van der Waals surface area contributed by atoms with Gasteiger partial charge in [-0.25, -0.2) is 4.39 Å². The average Bonchev–Trinajstić information content (AvgIpc) is 2.51. The van der Waals surface area contributed by atoms with E-state index in [0.717, 1.165) is 19.1 Å². The van der Waals surface area contributed by atoms with E-state index < -0.39 is 51.3 Å². The predicted octanol–water partition coefficient (Wildman–Crippen LogP) is 7.41. The molecule has 0 aliphatic carbocycles. The third-order valence-electron chi connectivity index (χ3n) is 3.69. The molecule has 0 amide bonds. The van der Waals surface area contributed by atoms with E-state index in [1.807, 2.05) is 0 Å². The number of hydrogen-bond donors (Lipinski definition) is 0. The molecule has 0 unspecified atom stereocenters. The Balaban J connectivity index is 2.75. The third-order valence-corrected chi connectivity index (χ3v) is 4.28. The number of rotatable bonds is 3. The van der Waals surface area contributed by atoms with Crippen LogP contribution in [0.3, 0.4) is 0 Å². The van der Waals surface area contributed by atoms with E-state index in [0.29, 0.717) is 18.2 Å². The largest absolute Gasteiger partial charge is 0.573 e. The van der Waals surface area contributed by atoms with Crippen molar-refractivity contribution in [3.05, 3.63) is 52.0 Å². The standard InChI is InChI=1S/C17H8BrF10O/c1-8-6-11(14(19,15(20,21)22)16(23,24)25)13(12(18)7-8)9-2-4-10(5-3-9)29-17(26,27)28/h2-6H,1H3. The van der Waals surface area contributed by atoms with Crippen LogP contribution < -0.4 is 4.74 Å². The lowest BCUT2D eigenvalue weighted by molar-refractivity contribution is -0.348. The molecular formula is C17H8BrF10O. The highest BCUT2D eigenvalue weighted by Gasteiger charge is 2.74. The maximum Gasteiger partial charge on any atom is 0.573 e. The van der Waals surface area contributed by atoms with Gasteiger partial charge in [0.15, 0.2) is 0 Å². The smallest absolute Gasteiger partial charge is 0.406 e. The summed E-state index contributed by atoms with van der Waals surface area (Å²) in [5, 5.41) is 0. The van der Waals surface area contributed by atoms with Crippen molar-refractivity contribution in [2.75, 3.05) is 0 Å². The topological polar surface area (TPSA) is 9.23 Å². The van der Waals surface area contributed by atoms with Gasteiger partial charge in [-0.3, -0.25) is 0 Å². The van der Waals surface area contributed by atoms with Gasteiger partial charge in [0.1, 0.15) is 5.75 Å². The number of hydrogen-bond acceptors (Lipinski definition) is 1. The highest BCUT2D eigenvalue weighted by atomic mass is 79.9. The van der Waals surface area contributed by atoms with E-state index in [1.54, 1.807) is 0 Å². The van der Waals surface area contributed by atoms with Crippen LogP contribution in [-0.2, 0) is 5.67 Å². The summed E-state index contributed by atoms with van der Waals surface area (Å²) >= 11 is 2.76. The van der Waals surface area contributed by atoms with Gasteiger partial charge in [0, 0.05) is 21.7 Å². The Morgan fingerprint density at radius 1 is 0.828 bits per heavy atom. The lowest BCUT2D eigenvalue weighted by Crippen LogP contribution is -2.50. The lowest BCUT2D eigenvalue weighted by atomic mass is 9.86. The van der Waals surface area contributed by atoms with E-state index in [-0.39, 0.29) is 5.56 Å². The minimum absolute atomic E-state index is 0.233. The number of halogens is 11.